The first kappa shape index (κ1) is 16.7. The van der Waals surface area contributed by atoms with Gasteiger partial charge >= 0.3 is 0 Å². The van der Waals surface area contributed by atoms with E-state index in [2.05, 4.69) is 42.9 Å². The molecule has 0 aliphatic carbocycles. The molecule has 0 amide bonds. The average Bonchev–Trinajstić information content (AvgIpc) is 3.40. The Labute approximate surface area is 156 Å². The highest BCUT2D eigenvalue weighted by Gasteiger charge is 2.18. The van der Waals surface area contributed by atoms with Crippen LogP contribution in [-0.4, -0.2) is 47.8 Å². The zero-order chi connectivity index (χ0) is 16.6. The fraction of sp³-hybridized carbons (Fsp3) is 0.294. The number of halogens is 1. The molecule has 5 rings (SSSR count). The van der Waals surface area contributed by atoms with Crippen LogP contribution in [-0.2, 0) is 0 Å². The van der Waals surface area contributed by atoms with E-state index >= 15 is 0 Å². The summed E-state index contributed by atoms with van der Waals surface area (Å²) >= 11 is 0. The van der Waals surface area contributed by atoms with E-state index in [1.807, 2.05) is 33.9 Å². The third-order valence-corrected chi connectivity index (χ3v) is 4.77. The van der Waals surface area contributed by atoms with Crippen LogP contribution >= 0.6 is 12.4 Å². The van der Waals surface area contributed by atoms with Crippen LogP contribution in [0.4, 0.5) is 0 Å². The molecule has 0 radical (unpaired) electrons. The molecule has 4 heterocycles. The summed E-state index contributed by atoms with van der Waals surface area (Å²) < 4.78 is 4.00. The number of hydrogen-bond acceptors (Lipinski definition) is 5. The number of aromatic nitrogens is 7. The van der Waals surface area contributed by atoms with Gasteiger partial charge in [-0.3, -0.25) is 9.67 Å². The third kappa shape index (κ3) is 2.87. The van der Waals surface area contributed by atoms with Gasteiger partial charge in [-0.15, -0.1) is 17.5 Å². The van der Waals surface area contributed by atoms with Crippen LogP contribution in [0.1, 0.15) is 18.9 Å². The molecular weight excluding hydrogens is 352 g/mol. The van der Waals surface area contributed by atoms with Gasteiger partial charge in [0.05, 0.1) is 24.0 Å². The number of hydrogen-bond donors (Lipinski definition) is 2. The summed E-state index contributed by atoms with van der Waals surface area (Å²) in [6.07, 6.45) is 9.70. The lowest BCUT2D eigenvalue weighted by atomic mass is 10.1. The molecule has 3 aromatic heterocycles. The summed E-state index contributed by atoms with van der Waals surface area (Å²) in [6.45, 7) is 2.05. The summed E-state index contributed by atoms with van der Waals surface area (Å²) in [6, 6.07) is 6.57. The predicted octanol–water partition coefficient (Wildman–Crippen LogP) is 2.35. The van der Waals surface area contributed by atoms with Crippen LogP contribution in [0, 0.1) is 0 Å². The van der Waals surface area contributed by atoms with Crippen LogP contribution in [0.2, 0.25) is 0 Å². The first-order chi connectivity index (χ1) is 12.4. The lowest BCUT2D eigenvalue weighted by Crippen LogP contribution is -2.29. The van der Waals surface area contributed by atoms with Crippen molar-refractivity contribution in [3.05, 3.63) is 43.0 Å². The van der Waals surface area contributed by atoms with Crippen LogP contribution in [0.3, 0.4) is 0 Å². The highest BCUT2D eigenvalue weighted by atomic mass is 35.5. The van der Waals surface area contributed by atoms with Gasteiger partial charge in [0.1, 0.15) is 5.69 Å². The summed E-state index contributed by atoms with van der Waals surface area (Å²) in [5, 5.41) is 20.2. The molecule has 0 spiro atoms. The summed E-state index contributed by atoms with van der Waals surface area (Å²) in [4.78, 5) is 4.50. The standard InChI is InChI=1S/C17H18N8.ClH/c1-2-14(9-15-12(1)10-20-21-15)24-8-7-19-17(24)16-11-25(23-22-16)13-3-5-18-6-4-13;/h1-2,7-11,13,18H,3-6H2,(H,20,21);1H. The molecule has 8 nitrogen and oxygen atoms in total. The van der Waals surface area contributed by atoms with Gasteiger partial charge in [-0.25, -0.2) is 9.67 Å². The number of aromatic amines is 1. The Bertz CT molecular complexity index is 1010. The van der Waals surface area contributed by atoms with Crippen LogP contribution in [0.15, 0.2) is 43.0 Å². The van der Waals surface area contributed by atoms with Crippen LogP contribution < -0.4 is 5.32 Å². The van der Waals surface area contributed by atoms with Crippen LogP contribution in [0.25, 0.3) is 28.1 Å². The van der Waals surface area contributed by atoms with E-state index in [1.54, 1.807) is 6.20 Å². The van der Waals surface area contributed by atoms with Crippen molar-refractivity contribution in [1.29, 1.82) is 0 Å². The SMILES string of the molecule is Cl.c1cn(-c2ccc3cn[nH]c3c2)c(-c2cn(C3CCNCC3)nn2)n1. The predicted molar refractivity (Wildman–Crippen MR) is 101 cm³/mol. The van der Waals surface area contributed by atoms with E-state index in [-0.39, 0.29) is 12.4 Å². The molecule has 0 bridgehead atoms. The van der Waals surface area contributed by atoms with Crippen molar-refractivity contribution in [2.24, 2.45) is 0 Å². The minimum absolute atomic E-state index is 0. The monoisotopic (exact) mass is 370 g/mol. The second-order valence-electron chi connectivity index (χ2n) is 6.33. The van der Waals surface area contributed by atoms with Gasteiger partial charge < -0.3 is 5.32 Å². The molecule has 26 heavy (non-hydrogen) atoms. The summed E-state index contributed by atoms with van der Waals surface area (Å²) in [5.41, 5.74) is 2.80. The summed E-state index contributed by atoms with van der Waals surface area (Å²) in [5.74, 6) is 0.791. The Morgan fingerprint density at radius 2 is 2.04 bits per heavy atom. The number of nitrogens with zero attached hydrogens (tertiary/aromatic N) is 6. The Morgan fingerprint density at radius 1 is 1.15 bits per heavy atom. The van der Waals surface area contributed by atoms with Crippen molar-refractivity contribution in [3.63, 3.8) is 0 Å². The van der Waals surface area contributed by atoms with Crippen molar-refractivity contribution < 1.29 is 0 Å². The number of piperidine rings is 1. The quantitative estimate of drug-likeness (QED) is 0.578. The molecule has 9 heteroatoms. The van der Waals surface area contributed by atoms with Gasteiger partial charge in [-0.2, -0.15) is 5.10 Å². The number of imidazole rings is 1. The van der Waals surface area contributed by atoms with Gasteiger partial charge in [0.15, 0.2) is 5.82 Å². The highest BCUT2D eigenvalue weighted by molar-refractivity contribution is 5.85. The van der Waals surface area contributed by atoms with Crippen LogP contribution in [0.5, 0.6) is 0 Å². The van der Waals surface area contributed by atoms with Crippen molar-refractivity contribution >= 4 is 23.3 Å². The molecule has 134 valence electrons. The van der Waals surface area contributed by atoms with E-state index < -0.39 is 0 Å². The molecule has 1 aliphatic heterocycles. The number of rotatable bonds is 3. The second kappa shape index (κ2) is 6.89. The smallest absolute Gasteiger partial charge is 0.166 e. The molecule has 1 saturated heterocycles. The Morgan fingerprint density at radius 3 is 2.92 bits per heavy atom. The first-order valence-corrected chi connectivity index (χ1v) is 8.48. The van der Waals surface area contributed by atoms with Crippen molar-refractivity contribution in [2.45, 2.75) is 18.9 Å². The maximum Gasteiger partial charge on any atom is 0.166 e. The largest absolute Gasteiger partial charge is 0.317 e. The molecule has 1 fully saturated rings. The maximum atomic E-state index is 4.50. The summed E-state index contributed by atoms with van der Waals surface area (Å²) in [7, 11) is 0. The molecule has 0 atom stereocenters. The van der Waals surface area contributed by atoms with Gasteiger partial charge in [-0.1, -0.05) is 5.21 Å². The lowest BCUT2D eigenvalue weighted by molar-refractivity contribution is 0.337. The zero-order valence-corrected chi connectivity index (χ0v) is 14.9. The normalized spacial score (nSPS) is 15.2. The van der Waals surface area contributed by atoms with E-state index in [9.17, 15) is 0 Å². The molecular formula is C17H19ClN8. The topological polar surface area (TPSA) is 89.2 Å². The van der Waals surface area contributed by atoms with Crippen molar-refractivity contribution in [1.82, 2.24) is 40.1 Å². The lowest BCUT2D eigenvalue weighted by Gasteiger charge is -2.22. The average molecular weight is 371 g/mol. The second-order valence-corrected chi connectivity index (χ2v) is 6.33. The Kier molecular flexibility index (Phi) is 4.44. The third-order valence-electron chi connectivity index (χ3n) is 4.77. The maximum absolute atomic E-state index is 4.50. The minimum Gasteiger partial charge on any atom is -0.317 e. The zero-order valence-electron chi connectivity index (χ0n) is 14.0. The highest BCUT2D eigenvalue weighted by Crippen LogP contribution is 2.24. The Hall–Kier alpha value is -2.71. The minimum atomic E-state index is 0. The van der Waals surface area contributed by atoms with Gasteiger partial charge in [0, 0.05) is 23.5 Å². The fourth-order valence-electron chi connectivity index (χ4n) is 3.41. The first-order valence-electron chi connectivity index (χ1n) is 8.48. The molecule has 2 N–H and O–H groups in total. The number of fused-ring (bicyclic) bond motifs is 1. The molecule has 1 aliphatic rings. The molecule has 1 aromatic carbocycles. The van der Waals surface area contributed by atoms with E-state index in [0.29, 0.717) is 6.04 Å². The van der Waals surface area contributed by atoms with Gasteiger partial charge in [0.2, 0.25) is 0 Å². The van der Waals surface area contributed by atoms with Gasteiger partial charge in [-0.05, 0) is 44.1 Å². The molecule has 4 aromatic rings. The van der Waals surface area contributed by atoms with Crippen molar-refractivity contribution in [2.75, 3.05) is 13.1 Å². The van der Waals surface area contributed by atoms with Gasteiger partial charge in [0.25, 0.3) is 0 Å². The Balaban J connectivity index is 0.00000168. The van der Waals surface area contributed by atoms with E-state index in [0.717, 1.165) is 54.0 Å². The number of nitrogens with one attached hydrogen (secondary N) is 2. The van der Waals surface area contributed by atoms with E-state index in [4.69, 9.17) is 0 Å². The fourth-order valence-corrected chi connectivity index (χ4v) is 3.41. The molecule has 0 saturated carbocycles. The van der Waals surface area contributed by atoms with Crippen molar-refractivity contribution in [3.8, 4) is 17.2 Å². The number of H-pyrrole nitrogens is 1. The van der Waals surface area contributed by atoms with E-state index in [1.165, 1.54) is 0 Å². The molecule has 0 unspecified atom stereocenters. The number of benzene rings is 1.